The lowest BCUT2D eigenvalue weighted by Crippen LogP contribution is -2.21. The molecule has 1 unspecified atom stereocenters. The molecule has 4 nitrogen and oxygen atoms in total. The molecule has 0 saturated carbocycles. The molecule has 1 fully saturated rings. The number of fused-ring (bicyclic) bond motifs is 1. The van der Waals surface area contributed by atoms with E-state index in [1.165, 1.54) is 5.69 Å². The van der Waals surface area contributed by atoms with Crippen LogP contribution in [0.4, 0.5) is 0 Å². The summed E-state index contributed by atoms with van der Waals surface area (Å²) in [6.45, 7) is 2.90. The number of nitrogens with zero attached hydrogens (tertiary/aromatic N) is 1. The lowest BCUT2D eigenvalue weighted by molar-refractivity contribution is 0.0678. The standard InChI is InChI=1S/C11H14N2O2S/c14-11(15)10-9(5-7-2-4-13(7)10)16-8-1-3-12-6-8/h5,8,12H,1-4,6H2,(H,14,15). The predicted octanol–water partition coefficient (Wildman–Crippen LogP) is 1.20. The molecule has 0 aliphatic carbocycles. The second-order valence-corrected chi connectivity index (χ2v) is 5.63. The molecule has 2 aliphatic heterocycles. The fraction of sp³-hybridized carbons (Fsp3) is 0.545. The van der Waals surface area contributed by atoms with E-state index in [-0.39, 0.29) is 0 Å². The monoisotopic (exact) mass is 238 g/mol. The number of carboxylic acid groups (broad SMARTS) is 1. The second kappa shape index (κ2) is 3.82. The van der Waals surface area contributed by atoms with Gasteiger partial charge < -0.3 is 15.0 Å². The molecule has 0 radical (unpaired) electrons. The Morgan fingerprint density at radius 3 is 3.06 bits per heavy atom. The molecule has 0 bridgehead atoms. The van der Waals surface area contributed by atoms with Gasteiger partial charge in [0, 0.05) is 35.3 Å². The van der Waals surface area contributed by atoms with Crippen LogP contribution in [0.2, 0.25) is 0 Å². The summed E-state index contributed by atoms with van der Waals surface area (Å²) < 4.78 is 1.92. The molecule has 0 aromatic carbocycles. The van der Waals surface area contributed by atoms with Crippen molar-refractivity contribution in [2.75, 3.05) is 13.1 Å². The third-order valence-corrected chi connectivity index (χ3v) is 4.55. The van der Waals surface area contributed by atoms with Gasteiger partial charge in [0.2, 0.25) is 0 Å². The zero-order valence-electron chi connectivity index (χ0n) is 8.90. The number of aryl methyl sites for hydroxylation is 1. The fourth-order valence-corrected chi connectivity index (χ4v) is 3.64. The normalized spacial score (nSPS) is 22.9. The Morgan fingerprint density at radius 1 is 1.62 bits per heavy atom. The van der Waals surface area contributed by atoms with E-state index in [9.17, 15) is 9.90 Å². The molecule has 5 heteroatoms. The summed E-state index contributed by atoms with van der Waals surface area (Å²) in [7, 11) is 0. The van der Waals surface area contributed by atoms with Crippen LogP contribution in [0.3, 0.4) is 0 Å². The smallest absolute Gasteiger partial charge is 0.353 e. The molecule has 1 aromatic rings. The summed E-state index contributed by atoms with van der Waals surface area (Å²) in [5, 5.41) is 13.0. The predicted molar refractivity (Wildman–Crippen MR) is 62.2 cm³/mol. The first-order valence-electron chi connectivity index (χ1n) is 5.59. The van der Waals surface area contributed by atoms with E-state index in [0.717, 1.165) is 37.4 Å². The number of thioether (sulfide) groups is 1. The van der Waals surface area contributed by atoms with Crippen LogP contribution in [-0.2, 0) is 13.0 Å². The molecule has 0 spiro atoms. The van der Waals surface area contributed by atoms with Gasteiger partial charge in [-0.15, -0.1) is 11.8 Å². The Bertz CT molecular complexity index is 435. The zero-order chi connectivity index (χ0) is 11.1. The third kappa shape index (κ3) is 1.55. The topological polar surface area (TPSA) is 54.3 Å². The molecule has 1 aromatic heterocycles. The van der Waals surface area contributed by atoms with Crippen molar-refractivity contribution in [3.8, 4) is 0 Å². The average Bonchev–Trinajstić information content (AvgIpc) is 2.77. The summed E-state index contributed by atoms with van der Waals surface area (Å²) >= 11 is 1.72. The lowest BCUT2D eigenvalue weighted by Gasteiger charge is -2.19. The van der Waals surface area contributed by atoms with Crippen LogP contribution < -0.4 is 5.32 Å². The van der Waals surface area contributed by atoms with Crippen LogP contribution in [0, 0.1) is 0 Å². The third-order valence-electron chi connectivity index (χ3n) is 3.25. The molecule has 1 atom stereocenters. The molecule has 1 saturated heterocycles. The molecule has 2 N–H and O–H groups in total. The van der Waals surface area contributed by atoms with Gasteiger partial charge in [-0.25, -0.2) is 4.79 Å². The van der Waals surface area contributed by atoms with Crippen molar-refractivity contribution in [2.45, 2.75) is 29.5 Å². The van der Waals surface area contributed by atoms with Crippen LogP contribution in [0.15, 0.2) is 11.0 Å². The minimum absolute atomic E-state index is 0.498. The highest BCUT2D eigenvalue weighted by Gasteiger charge is 2.28. The minimum Gasteiger partial charge on any atom is -0.477 e. The van der Waals surface area contributed by atoms with E-state index < -0.39 is 5.97 Å². The summed E-state index contributed by atoms with van der Waals surface area (Å²) in [5.74, 6) is -0.792. The van der Waals surface area contributed by atoms with Gasteiger partial charge in [0.15, 0.2) is 0 Å². The quantitative estimate of drug-likeness (QED) is 0.830. The molecule has 86 valence electrons. The summed E-state index contributed by atoms with van der Waals surface area (Å²) in [6, 6.07) is 2.05. The molecule has 3 heterocycles. The second-order valence-electron chi connectivity index (χ2n) is 4.29. The number of carbonyl (C=O) groups is 1. The van der Waals surface area contributed by atoms with E-state index in [1.807, 2.05) is 4.57 Å². The van der Waals surface area contributed by atoms with Gasteiger partial charge in [-0.05, 0) is 19.0 Å². The average molecular weight is 238 g/mol. The molecule has 2 aliphatic rings. The van der Waals surface area contributed by atoms with Crippen molar-refractivity contribution in [3.63, 3.8) is 0 Å². The molecule has 3 rings (SSSR count). The minimum atomic E-state index is -0.792. The van der Waals surface area contributed by atoms with Gasteiger partial charge in [0.25, 0.3) is 0 Å². The first-order chi connectivity index (χ1) is 7.75. The first kappa shape index (κ1) is 10.2. The maximum absolute atomic E-state index is 11.2. The van der Waals surface area contributed by atoms with Crippen LogP contribution in [0.1, 0.15) is 22.6 Å². The van der Waals surface area contributed by atoms with Gasteiger partial charge in [-0.2, -0.15) is 0 Å². The van der Waals surface area contributed by atoms with Crippen molar-refractivity contribution in [1.82, 2.24) is 9.88 Å². The van der Waals surface area contributed by atoms with Crippen molar-refractivity contribution in [1.29, 1.82) is 0 Å². The number of aromatic nitrogens is 1. The molecular formula is C11H14N2O2S. The number of nitrogens with one attached hydrogen (secondary N) is 1. The molecule has 16 heavy (non-hydrogen) atoms. The first-order valence-corrected chi connectivity index (χ1v) is 6.47. The van der Waals surface area contributed by atoms with Crippen molar-refractivity contribution in [2.24, 2.45) is 0 Å². The summed E-state index contributed by atoms with van der Waals surface area (Å²) in [5.41, 5.74) is 1.67. The van der Waals surface area contributed by atoms with Crippen molar-refractivity contribution >= 4 is 17.7 Å². The highest BCUT2D eigenvalue weighted by Crippen LogP contribution is 2.35. The maximum atomic E-state index is 11.2. The van der Waals surface area contributed by atoms with Gasteiger partial charge in [0.1, 0.15) is 5.69 Å². The van der Waals surface area contributed by atoms with E-state index in [1.54, 1.807) is 11.8 Å². The van der Waals surface area contributed by atoms with Crippen LogP contribution >= 0.6 is 11.8 Å². The zero-order valence-corrected chi connectivity index (χ0v) is 9.72. The van der Waals surface area contributed by atoms with Gasteiger partial charge in [0.05, 0.1) is 0 Å². The Kier molecular flexibility index (Phi) is 2.44. The van der Waals surface area contributed by atoms with E-state index in [2.05, 4.69) is 11.4 Å². The lowest BCUT2D eigenvalue weighted by atomic mass is 10.2. The van der Waals surface area contributed by atoms with E-state index in [4.69, 9.17) is 0 Å². The summed E-state index contributed by atoms with van der Waals surface area (Å²) in [4.78, 5) is 12.2. The Balaban J connectivity index is 1.88. The number of aromatic carboxylic acids is 1. The summed E-state index contributed by atoms with van der Waals surface area (Å²) in [6.07, 6.45) is 2.15. The van der Waals surface area contributed by atoms with Gasteiger partial charge >= 0.3 is 5.97 Å². The molecule has 0 amide bonds. The number of hydrogen-bond donors (Lipinski definition) is 2. The highest BCUT2D eigenvalue weighted by atomic mass is 32.2. The SMILES string of the molecule is O=C(O)c1c(SC2CCNC2)cc2n1CC2. The van der Waals surface area contributed by atoms with E-state index >= 15 is 0 Å². The largest absolute Gasteiger partial charge is 0.477 e. The highest BCUT2D eigenvalue weighted by molar-refractivity contribution is 8.00. The van der Waals surface area contributed by atoms with Crippen molar-refractivity contribution in [3.05, 3.63) is 17.5 Å². The maximum Gasteiger partial charge on any atom is 0.353 e. The van der Waals surface area contributed by atoms with Gasteiger partial charge in [-0.1, -0.05) is 0 Å². The van der Waals surface area contributed by atoms with Gasteiger partial charge in [-0.3, -0.25) is 0 Å². The van der Waals surface area contributed by atoms with Crippen LogP contribution in [0.5, 0.6) is 0 Å². The van der Waals surface area contributed by atoms with E-state index in [0.29, 0.717) is 10.9 Å². The Labute approximate surface area is 98.0 Å². The number of carboxylic acids is 1. The Hall–Kier alpha value is -0.940. The van der Waals surface area contributed by atoms with Crippen LogP contribution in [0.25, 0.3) is 0 Å². The van der Waals surface area contributed by atoms with Crippen LogP contribution in [-0.4, -0.2) is 34.0 Å². The number of hydrogen-bond acceptors (Lipinski definition) is 3. The molecular weight excluding hydrogens is 224 g/mol. The Morgan fingerprint density at radius 2 is 2.50 bits per heavy atom. The number of rotatable bonds is 3. The fourth-order valence-electron chi connectivity index (χ4n) is 2.33. The van der Waals surface area contributed by atoms with Crippen molar-refractivity contribution < 1.29 is 9.90 Å².